The lowest BCUT2D eigenvalue weighted by Crippen LogP contribution is -2.53. The van der Waals surface area contributed by atoms with E-state index in [2.05, 4.69) is 10.6 Å². The Morgan fingerprint density at radius 3 is 2.45 bits per heavy atom. The number of carbonyl (C=O) groups excluding carboxylic acids is 2. The second kappa shape index (κ2) is 9.00. The van der Waals surface area contributed by atoms with Gasteiger partial charge in [0.1, 0.15) is 11.5 Å². The molecule has 3 heterocycles. The molecule has 2 aromatic rings. The van der Waals surface area contributed by atoms with Crippen LogP contribution in [0.4, 0.5) is 14.9 Å². The molecule has 2 bridgehead atoms. The van der Waals surface area contributed by atoms with E-state index in [0.29, 0.717) is 19.6 Å². The molecule has 3 amide bonds. The average Bonchev–Trinajstić information content (AvgIpc) is 2.82. The van der Waals surface area contributed by atoms with Crippen molar-refractivity contribution in [3.8, 4) is 0 Å². The van der Waals surface area contributed by atoms with Crippen LogP contribution in [-0.4, -0.2) is 40.5 Å². The van der Waals surface area contributed by atoms with Crippen LogP contribution >= 0.6 is 0 Å². The minimum absolute atomic E-state index is 0.00979. The first-order chi connectivity index (χ1) is 16.0. The minimum Gasteiger partial charge on any atom is -0.335 e. The Balaban J connectivity index is 1.30. The summed E-state index contributed by atoms with van der Waals surface area (Å²) in [7, 11) is 0. The summed E-state index contributed by atoms with van der Waals surface area (Å²) in [5, 5.41) is 5.88. The molecule has 3 aliphatic rings. The molecule has 2 fully saturated rings. The number of amides is 3. The number of hydrogen-bond acceptors (Lipinski definition) is 3. The van der Waals surface area contributed by atoms with Crippen molar-refractivity contribution in [2.24, 2.45) is 5.92 Å². The van der Waals surface area contributed by atoms with Gasteiger partial charge in [-0.25, -0.2) is 9.18 Å². The number of piperidine rings is 1. The number of fused-ring (bicyclic) bond motifs is 4. The summed E-state index contributed by atoms with van der Waals surface area (Å²) in [6, 6.07) is 9.00. The number of benzene rings is 1. The van der Waals surface area contributed by atoms with Gasteiger partial charge in [-0.1, -0.05) is 19.3 Å². The van der Waals surface area contributed by atoms with Gasteiger partial charge in [-0.2, -0.15) is 0 Å². The van der Waals surface area contributed by atoms with E-state index < -0.39 is 11.7 Å². The first-order valence-corrected chi connectivity index (χ1v) is 11.8. The van der Waals surface area contributed by atoms with Crippen LogP contribution in [0.2, 0.25) is 0 Å². The number of halogens is 1. The summed E-state index contributed by atoms with van der Waals surface area (Å²) in [5.74, 6) is -0.569. The van der Waals surface area contributed by atoms with E-state index in [0.717, 1.165) is 25.0 Å². The van der Waals surface area contributed by atoms with Crippen molar-refractivity contribution in [3.05, 3.63) is 63.8 Å². The number of carbonyl (C=O) groups is 2. The van der Waals surface area contributed by atoms with Crippen molar-refractivity contribution in [1.82, 2.24) is 14.8 Å². The van der Waals surface area contributed by atoms with Crippen LogP contribution in [0.25, 0.3) is 0 Å². The van der Waals surface area contributed by atoms with Gasteiger partial charge in [-0.05, 0) is 61.6 Å². The molecule has 0 radical (unpaired) electrons. The molecule has 5 rings (SSSR count). The summed E-state index contributed by atoms with van der Waals surface area (Å²) >= 11 is 0. The maximum Gasteiger partial charge on any atom is 0.317 e. The molecule has 1 aliphatic carbocycles. The quantitative estimate of drug-likeness (QED) is 0.745. The molecule has 1 saturated heterocycles. The maximum absolute atomic E-state index is 13.1. The zero-order chi connectivity index (χ0) is 22.9. The molecule has 1 aromatic heterocycles. The normalized spacial score (nSPS) is 22.4. The fraction of sp³-hybridized carbons (Fsp3) is 0.480. The lowest BCUT2D eigenvalue weighted by molar-refractivity contribution is 0.102. The third-order valence-electron chi connectivity index (χ3n) is 7.18. The zero-order valence-corrected chi connectivity index (χ0v) is 18.6. The second-order valence-electron chi connectivity index (χ2n) is 9.54. The van der Waals surface area contributed by atoms with Gasteiger partial charge >= 0.3 is 6.03 Å². The summed E-state index contributed by atoms with van der Waals surface area (Å²) < 4.78 is 14.9. The van der Waals surface area contributed by atoms with Gasteiger partial charge in [0.15, 0.2) is 0 Å². The fourth-order valence-corrected chi connectivity index (χ4v) is 5.52. The van der Waals surface area contributed by atoms with E-state index in [1.807, 2.05) is 11.0 Å². The van der Waals surface area contributed by atoms with Crippen LogP contribution in [0.5, 0.6) is 0 Å². The number of nitrogens with zero attached hydrogens (tertiary/aromatic N) is 2. The number of hydrogen-bond donors (Lipinski definition) is 2. The Morgan fingerprint density at radius 1 is 0.939 bits per heavy atom. The number of anilines is 1. The largest absolute Gasteiger partial charge is 0.335 e. The molecule has 2 unspecified atom stereocenters. The average molecular weight is 453 g/mol. The van der Waals surface area contributed by atoms with E-state index in [-0.39, 0.29) is 40.7 Å². The number of nitrogens with one attached hydrogen (secondary N) is 2. The maximum atomic E-state index is 13.1. The van der Waals surface area contributed by atoms with Crippen molar-refractivity contribution in [3.63, 3.8) is 0 Å². The second-order valence-corrected chi connectivity index (χ2v) is 9.54. The molecule has 174 valence electrons. The molecule has 33 heavy (non-hydrogen) atoms. The standard InChI is InChI=1S/C25H29FN4O3/c26-19-8-6-17(7-9-19)23(31)28-21-10-11-22-18-12-16(14-30(22)24(21)32)13-29(15-18)25(33)27-20-4-2-1-3-5-20/h6-11,16,18,20H,1-5,12-15H2,(H,27,33)(H,28,31). The molecule has 0 spiro atoms. The predicted molar refractivity (Wildman–Crippen MR) is 123 cm³/mol. The van der Waals surface area contributed by atoms with Crippen molar-refractivity contribution in [2.45, 2.75) is 57.0 Å². The van der Waals surface area contributed by atoms with Gasteiger partial charge in [0.2, 0.25) is 0 Å². The van der Waals surface area contributed by atoms with Crippen LogP contribution in [-0.2, 0) is 6.54 Å². The van der Waals surface area contributed by atoms with E-state index in [4.69, 9.17) is 0 Å². The molecule has 2 aliphatic heterocycles. The third kappa shape index (κ3) is 4.51. The number of pyridine rings is 1. The lowest BCUT2D eigenvalue weighted by atomic mass is 9.83. The van der Waals surface area contributed by atoms with Gasteiger partial charge in [0, 0.05) is 42.9 Å². The zero-order valence-electron chi connectivity index (χ0n) is 18.6. The van der Waals surface area contributed by atoms with E-state index >= 15 is 0 Å². The topological polar surface area (TPSA) is 83.4 Å². The van der Waals surface area contributed by atoms with Gasteiger partial charge < -0.3 is 20.1 Å². The minimum atomic E-state index is -0.450. The number of rotatable bonds is 3. The van der Waals surface area contributed by atoms with E-state index in [1.54, 1.807) is 10.6 Å². The number of likely N-dealkylation sites (tertiary alicyclic amines) is 1. The van der Waals surface area contributed by atoms with Crippen LogP contribution in [0.15, 0.2) is 41.2 Å². The highest BCUT2D eigenvalue weighted by molar-refractivity contribution is 6.04. The van der Waals surface area contributed by atoms with Crippen molar-refractivity contribution in [1.29, 1.82) is 0 Å². The Bertz CT molecular complexity index is 1110. The molecular formula is C25H29FN4O3. The summed E-state index contributed by atoms with van der Waals surface area (Å²) in [6.07, 6.45) is 6.65. The third-order valence-corrected chi connectivity index (χ3v) is 7.18. The van der Waals surface area contributed by atoms with Gasteiger partial charge in [-0.15, -0.1) is 0 Å². The van der Waals surface area contributed by atoms with Crippen LogP contribution in [0, 0.1) is 11.7 Å². The first kappa shape index (κ1) is 21.7. The van der Waals surface area contributed by atoms with Crippen molar-refractivity contribution >= 4 is 17.6 Å². The van der Waals surface area contributed by atoms with Gasteiger partial charge in [-0.3, -0.25) is 9.59 Å². The molecule has 8 heteroatoms. The highest BCUT2D eigenvalue weighted by Crippen LogP contribution is 2.35. The van der Waals surface area contributed by atoms with Crippen LogP contribution in [0.3, 0.4) is 0 Å². The highest BCUT2D eigenvalue weighted by Gasteiger charge is 2.37. The van der Waals surface area contributed by atoms with E-state index in [9.17, 15) is 18.8 Å². The first-order valence-electron chi connectivity index (χ1n) is 11.8. The molecule has 7 nitrogen and oxygen atoms in total. The SMILES string of the molecule is O=C(Nc1ccc2n(c1=O)CC1CC2CN(C(=O)NC2CCCCC2)C1)c1ccc(F)cc1. The summed E-state index contributed by atoms with van der Waals surface area (Å²) in [6.45, 7) is 1.75. The Kier molecular flexibility index (Phi) is 5.91. The molecule has 2 N–H and O–H groups in total. The molecular weight excluding hydrogens is 423 g/mol. The number of urea groups is 1. The van der Waals surface area contributed by atoms with Crippen molar-refractivity contribution in [2.75, 3.05) is 18.4 Å². The van der Waals surface area contributed by atoms with E-state index in [1.165, 1.54) is 43.5 Å². The molecule has 1 saturated carbocycles. The van der Waals surface area contributed by atoms with Crippen LogP contribution < -0.4 is 16.2 Å². The Hall–Kier alpha value is -3.16. The Morgan fingerprint density at radius 2 is 1.70 bits per heavy atom. The van der Waals surface area contributed by atoms with Gasteiger partial charge in [0.25, 0.3) is 11.5 Å². The summed E-state index contributed by atoms with van der Waals surface area (Å²) in [5.41, 5.74) is 1.17. The monoisotopic (exact) mass is 452 g/mol. The summed E-state index contributed by atoms with van der Waals surface area (Å²) in [4.78, 5) is 40.4. The van der Waals surface area contributed by atoms with Crippen LogP contribution in [0.1, 0.15) is 60.5 Å². The Labute approximate surface area is 192 Å². The smallest absolute Gasteiger partial charge is 0.317 e. The van der Waals surface area contributed by atoms with Gasteiger partial charge in [0.05, 0.1) is 0 Å². The highest BCUT2D eigenvalue weighted by atomic mass is 19.1. The lowest BCUT2D eigenvalue weighted by Gasteiger charge is -2.43. The van der Waals surface area contributed by atoms with Crippen molar-refractivity contribution < 1.29 is 14.0 Å². The molecule has 1 aromatic carbocycles. The number of aromatic nitrogens is 1. The molecule has 2 atom stereocenters. The fourth-order valence-electron chi connectivity index (χ4n) is 5.52. The predicted octanol–water partition coefficient (Wildman–Crippen LogP) is 3.70.